The number of rotatable bonds is 46. The number of carbonyl (C=O) groups excluding carboxylic acids is 2. The summed E-state index contributed by atoms with van der Waals surface area (Å²) < 4.78 is 11.4. The van der Waals surface area contributed by atoms with Gasteiger partial charge in [0.05, 0.1) is 25.6 Å². The third-order valence-corrected chi connectivity index (χ3v) is 11.7. The second-order valence-electron chi connectivity index (χ2n) is 17.2. The first-order valence-electron chi connectivity index (χ1n) is 25.1. The molecule has 0 N–H and O–H groups in total. The van der Waals surface area contributed by atoms with Crippen LogP contribution in [0.2, 0.25) is 0 Å². The lowest BCUT2D eigenvalue weighted by Crippen LogP contribution is -2.23. The molecule has 55 heavy (non-hydrogen) atoms. The molecule has 0 saturated carbocycles. The first-order chi connectivity index (χ1) is 27.2. The number of ether oxygens (including phenoxy) is 2. The van der Waals surface area contributed by atoms with Crippen LogP contribution in [0.1, 0.15) is 284 Å². The summed E-state index contributed by atoms with van der Waals surface area (Å²) in [5.41, 5.74) is 0. The van der Waals surface area contributed by atoms with Crippen LogP contribution in [0.15, 0.2) is 12.2 Å². The van der Waals surface area contributed by atoms with Crippen molar-refractivity contribution in [2.75, 3.05) is 13.2 Å². The van der Waals surface area contributed by atoms with E-state index in [1.807, 2.05) is 0 Å². The van der Waals surface area contributed by atoms with E-state index in [1.54, 1.807) is 0 Å². The van der Waals surface area contributed by atoms with Crippen molar-refractivity contribution in [3.8, 4) is 0 Å². The van der Waals surface area contributed by atoms with Crippen LogP contribution in [0.5, 0.6) is 0 Å². The Morgan fingerprint density at radius 1 is 0.400 bits per heavy atom. The molecule has 0 bridgehead atoms. The molecule has 4 heteroatoms. The summed E-state index contributed by atoms with van der Waals surface area (Å²) in [6, 6.07) is 0. The summed E-state index contributed by atoms with van der Waals surface area (Å²) in [7, 11) is 0. The standard InChI is InChI=1S/C51H98O4/c1-4-7-10-13-16-19-22-23-24-25-26-27-28-29-30-33-36-39-42-45-49(51(53)55-47-44-41-38-35-32-21-18-15-12-9-6-3)48-50(52)54-46-43-40-37-34-31-20-17-14-11-8-5-2/h4,7,49H,5-6,8-48H2,1-3H3/b7-4+. The highest BCUT2D eigenvalue weighted by Crippen LogP contribution is 2.20. The third-order valence-electron chi connectivity index (χ3n) is 11.7. The molecule has 1 unspecified atom stereocenters. The molecule has 0 saturated heterocycles. The summed E-state index contributed by atoms with van der Waals surface area (Å²) in [4.78, 5) is 25.9. The van der Waals surface area contributed by atoms with Gasteiger partial charge in [0, 0.05) is 0 Å². The smallest absolute Gasteiger partial charge is 0.309 e. The second-order valence-corrected chi connectivity index (χ2v) is 17.2. The second kappa shape index (κ2) is 47.1. The molecule has 0 aliphatic rings. The minimum absolute atomic E-state index is 0.173. The van der Waals surface area contributed by atoms with Crippen molar-refractivity contribution in [3.63, 3.8) is 0 Å². The number of hydrogen-bond donors (Lipinski definition) is 0. The fourth-order valence-corrected chi connectivity index (χ4v) is 7.87. The van der Waals surface area contributed by atoms with E-state index < -0.39 is 0 Å². The maximum absolute atomic E-state index is 13.1. The van der Waals surface area contributed by atoms with E-state index in [9.17, 15) is 9.59 Å². The van der Waals surface area contributed by atoms with Crippen molar-refractivity contribution in [1.82, 2.24) is 0 Å². The molecule has 0 aromatic rings. The number of unbranched alkanes of at least 4 members (excludes halogenated alkanes) is 36. The van der Waals surface area contributed by atoms with Crippen molar-refractivity contribution in [2.45, 2.75) is 284 Å². The molecule has 0 spiro atoms. The third kappa shape index (κ3) is 43.6. The first kappa shape index (κ1) is 53.7. The first-order valence-corrected chi connectivity index (χ1v) is 25.1. The SMILES string of the molecule is C/C=C/CCCCCCCCCCCCCCCCCCC(CC(=O)OCCCCCCCCCCCCC)C(=O)OCCCCCCCCCCCCC. The van der Waals surface area contributed by atoms with Crippen molar-refractivity contribution < 1.29 is 19.1 Å². The Hall–Kier alpha value is -1.32. The fourth-order valence-electron chi connectivity index (χ4n) is 7.87. The molecular weight excluding hydrogens is 677 g/mol. The molecule has 0 aromatic heterocycles. The van der Waals surface area contributed by atoms with Crippen molar-refractivity contribution in [2.24, 2.45) is 5.92 Å². The van der Waals surface area contributed by atoms with Crippen LogP contribution in [0, 0.1) is 5.92 Å². The predicted molar refractivity (Wildman–Crippen MR) is 241 cm³/mol. The maximum Gasteiger partial charge on any atom is 0.309 e. The highest BCUT2D eigenvalue weighted by molar-refractivity contribution is 5.79. The zero-order valence-electron chi connectivity index (χ0n) is 37.8. The average Bonchev–Trinajstić information content (AvgIpc) is 3.19. The number of esters is 2. The summed E-state index contributed by atoms with van der Waals surface area (Å²) in [6.45, 7) is 7.62. The molecule has 0 radical (unpaired) electrons. The van der Waals surface area contributed by atoms with Crippen LogP contribution in [0.3, 0.4) is 0 Å². The van der Waals surface area contributed by atoms with Gasteiger partial charge >= 0.3 is 11.9 Å². The molecule has 0 aromatic carbocycles. The minimum Gasteiger partial charge on any atom is -0.466 e. The lowest BCUT2D eigenvalue weighted by molar-refractivity contribution is -0.155. The Labute approximate surface area is 345 Å². The van der Waals surface area contributed by atoms with Gasteiger partial charge in [-0.05, 0) is 39.0 Å². The number of carbonyl (C=O) groups is 2. The van der Waals surface area contributed by atoms with Crippen LogP contribution in [0.4, 0.5) is 0 Å². The van der Waals surface area contributed by atoms with Crippen LogP contribution < -0.4 is 0 Å². The van der Waals surface area contributed by atoms with E-state index in [0.29, 0.717) is 13.2 Å². The molecule has 0 heterocycles. The van der Waals surface area contributed by atoms with Gasteiger partial charge in [0.1, 0.15) is 0 Å². The summed E-state index contributed by atoms with van der Waals surface area (Å²) in [6.07, 6.45) is 56.0. The highest BCUT2D eigenvalue weighted by atomic mass is 16.5. The Morgan fingerprint density at radius 2 is 0.709 bits per heavy atom. The molecule has 0 amide bonds. The van der Waals surface area contributed by atoms with Crippen LogP contribution >= 0.6 is 0 Å². The number of allylic oxidation sites excluding steroid dienone is 2. The van der Waals surface area contributed by atoms with E-state index in [-0.39, 0.29) is 24.3 Å². The molecule has 0 aliphatic carbocycles. The molecule has 326 valence electrons. The van der Waals surface area contributed by atoms with Crippen molar-refractivity contribution in [3.05, 3.63) is 12.2 Å². The van der Waals surface area contributed by atoms with Gasteiger partial charge in [-0.3, -0.25) is 9.59 Å². The zero-order chi connectivity index (χ0) is 40.0. The lowest BCUT2D eigenvalue weighted by Gasteiger charge is -2.16. The van der Waals surface area contributed by atoms with Crippen molar-refractivity contribution >= 4 is 11.9 Å². The molecule has 0 fully saturated rings. The largest absolute Gasteiger partial charge is 0.466 e. The number of hydrogen-bond acceptors (Lipinski definition) is 4. The fraction of sp³-hybridized carbons (Fsp3) is 0.922. The summed E-state index contributed by atoms with van der Waals surface area (Å²) in [5.74, 6) is -0.765. The van der Waals surface area contributed by atoms with Gasteiger partial charge in [0.2, 0.25) is 0 Å². The van der Waals surface area contributed by atoms with Gasteiger partial charge in [0.25, 0.3) is 0 Å². The Morgan fingerprint density at radius 3 is 1.07 bits per heavy atom. The predicted octanol–water partition coefficient (Wildman–Crippen LogP) is 17.3. The van der Waals surface area contributed by atoms with Gasteiger partial charge in [0.15, 0.2) is 0 Å². The van der Waals surface area contributed by atoms with Gasteiger partial charge in [-0.15, -0.1) is 0 Å². The Balaban J connectivity index is 4.17. The topological polar surface area (TPSA) is 52.6 Å². The monoisotopic (exact) mass is 775 g/mol. The summed E-state index contributed by atoms with van der Waals surface area (Å²) in [5, 5.41) is 0. The molecule has 1 atom stereocenters. The van der Waals surface area contributed by atoms with Gasteiger partial charge in [-0.25, -0.2) is 0 Å². The minimum atomic E-state index is -0.360. The average molecular weight is 775 g/mol. The summed E-state index contributed by atoms with van der Waals surface area (Å²) >= 11 is 0. The molecule has 0 aliphatic heterocycles. The van der Waals surface area contributed by atoms with E-state index in [1.165, 1.54) is 212 Å². The highest BCUT2D eigenvalue weighted by Gasteiger charge is 2.24. The van der Waals surface area contributed by atoms with Gasteiger partial charge in [-0.2, -0.15) is 0 Å². The van der Waals surface area contributed by atoms with Gasteiger partial charge in [-0.1, -0.05) is 251 Å². The van der Waals surface area contributed by atoms with Crippen LogP contribution in [-0.4, -0.2) is 25.2 Å². The Bertz CT molecular complexity index is 792. The molecule has 0 rings (SSSR count). The lowest BCUT2D eigenvalue weighted by atomic mass is 9.97. The quantitative estimate of drug-likeness (QED) is 0.0351. The van der Waals surface area contributed by atoms with E-state index in [0.717, 1.165) is 44.9 Å². The Kier molecular flexibility index (Phi) is 45.9. The van der Waals surface area contributed by atoms with Gasteiger partial charge < -0.3 is 9.47 Å². The molecule has 4 nitrogen and oxygen atoms in total. The van der Waals surface area contributed by atoms with Crippen LogP contribution in [0.25, 0.3) is 0 Å². The van der Waals surface area contributed by atoms with Crippen molar-refractivity contribution in [1.29, 1.82) is 0 Å². The molecular formula is C51H98O4. The van der Waals surface area contributed by atoms with E-state index >= 15 is 0 Å². The van der Waals surface area contributed by atoms with Crippen LogP contribution in [-0.2, 0) is 19.1 Å². The maximum atomic E-state index is 13.1. The van der Waals surface area contributed by atoms with E-state index in [4.69, 9.17) is 9.47 Å². The normalized spacial score (nSPS) is 12.1. The zero-order valence-corrected chi connectivity index (χ0v) is 37.8. The van der Waals surface area contributed by atoms with E-state index in [2.05, 4.69) is 32.9 Å².